The van der Waals surface area contributed by atoms with Gasteiger partial charge in [-0.05, 0) is 42.3 Å². The summed E-state index contributed by atoms with van der Waals surface area (Å²) < 4.78 is 1.70. The van der Waals surface area contributed by atoms with Crippen molar-refractivity contribution in [3.05, 3.63) is 116 Å². The van der Waals surface area contributed by atoms with Gasteiger partial charge in [0.05, 0.1) is 10.5 Å². The summed E-state index contributed by atoms with van der Waals surface area (Å²) in [6.07, 6.45) is 0. The molecule has 2 N–H and O–H groups in total. The molecule has 0 spiro atoms. The average Bonchev–Trinajstić information content (AvgIpc) is 3.30. The van der Waals surface area contributed by atoms with Gasteiger partial charge in [-0.3, -0.25) is 14.9 Å². The number of nitrogens with zero attached hydrogens (tertiary/aromatic N) is 4. The van der Waals surface area contributed by atoms with Gasteiger partial charge < -0.3 is 10.6 Å². The maximum absolute atomic E-state index is 13.5. The van der Waals surface area contributed by atoms with Gasteiger partial charge in [-0.1, -0.05) is 65.8 Å². The quantitative estimate of drug-likeness (QED) is 0.169. The Balaban J connectivity index is 1.45. The number of benzene rings is 3. The zero-order valence-corrected chi connectivity index (χ0v) is 21.2. The van der Waals surface area contributed by atoms with Crippen LogP contribution in [0, 0.1) is 10.1 Å². The number of para-hydroxylation sites is 1. The van der Waals surface area contributed by atoms with Crippen molar-refractivity contribution in [2.75, 3.05) is 10.6 Å². The normalized spacial score (nSPS) is 14.6. The van der Waals surface area contributed by atoms with Crippen molar-refractivity contribution in [1.29, 1.82) is 0 Å². The number of aromatic nitrogens is 3. The number of nitrogens with one attached hydrogen (secondary N) is 2. The lowest BCUT2D eigenvalue weighted by Gasteiger charge is -2.28. The molecule has 0 bridgehead atoms. The lowest BCUT2D eigenvalue weighted by Crippen LogP contribution is -2.31. The molecule has 37 heavy (non-hydrogen) atoms. The highest BCUT2D eigenvalue weighted by Crippen LogP contribution is 2.37. The lowest BCUT2D eigenvalue weighted by atomic mass is 9.95. The maximum Gasteiger partial charge on any atom is 0.269 e. The van der Waals surface area contributed by atoms with Crippen LogP contribution >= 0.6 is 23.4 Å². The van der Waals surface area contributed by atoms with Gasteiger partial charge in [0, 0.05) is 34.3 Å². The third-order valence-electron chi connectivity index (χ3n) is 5.81. The molecule has 186 valence electrons. The van der Waals surface area contributed by atoms with E-state index in [1.165, 1.54) is 23.9 Å². The first-order chi connectivity index (χ1) is 17.9. The Hall–Kier alpha value is -4.15. The van der Waals surface area contributed by atoms with Crippen molar-refractivity contribution in [3.8, 4) is 0 Å². The molecule has 1 amide bonds. The molecule has 9 nitrogen and oxygen atoms in total. The molecule has 11 heteroatoms. The van der Waals surface area contributed by atoms with E-state index < -0.39 is 11.0 Å². The molecule has 3 aromatic carbocycles. The molecule has 0 saturated heterocycles. The maximum atomic E-state index is 13.5. The van der Waals surface area contributed by atoms with Gasteiger partial charge in [-0.25, -0.2) is 4.68 Å². The van der Waals surface area contributed by atoms with Gasteiger partial charge in [0.1, 0.15) is 6.04 Å². The number of anilines is 2. The molecule has 1 atom stereocenters. The third-order valence-corrected chi connectivity index (χ3v) is 6.97. The molecule has 0 radical (unpaired) electrons. The summed E-state index contributed by atoms with van der Waals surface area (Å²) in [5.41, 5.74) is 3.65. The van der Waals surface area contributed by atoms with Crippen molar-refractivity contribution in [2.24, 2.45) is 0 Å². The van der Waals surface area contributed by atoms with Gasteiger partial charge in [0.15, 0.2) is 0 Å². The highest BCUT2D eigenvalue weighted by Gasteiger charge is 2.34. The fourth-order valence-electron chi connectivity index (χ4n) is 4.02. The van der Waals surface area contributed by atoms with E-state index in [1.807, 2.05) is 49.4 Å². The Kier molecular flexibility index (Phi) is 6.93. The van der Waals surface area contributed by atoms with Gasteiger partial charge >= 0.3 is 0 Å². The monoisotopic (exact) mass is 532 g/mol. The minimum absolute atomic E-state index is 0.0437. The second-order valence-corrected chi connectivity index (χ2v) is 9.69. The lowest BCUT2D eigenvalue weighted by molar-refractivity contribution is -0.384. The zero-order valence-electron chi connectivity index (χ0n) is 19.6. The highest BCUT2D eigenvalue weighted by atomic mass is 35.5. The Labute approximate surface area is 221 Å². The number of carbonyl (C=O) groups is 1. The first-order valence-corrected chi connectivity index (χ1v) is 12.7. The number of fused-ring (bicyclic) bond motifs is 1. The van der Waals surface area contributed by atoms with Crippen molar-refractivity contribution < 1.29 is 9.72 Å². The third kappa shape index (κ3) is 5.35. The minimum Gasteiger partial charge on any atom is -0.328 e. The predicted octanol–water partition coefficient (Wildman–Crippen LogP) is 6.06. The predicted molar refractivity (Wildman–Crippen MR) is 144 cm³/mol. The number of nitro benzene ring substituents is 1. The van der Waals surface area contributed by atoms with Gasteiger partial charge in [0.2, 0.25) is 11.1 Å². The number of hydrogen-bond donors (Lipinski definition) is 2. The van der Waals surface area contributed by atoms with E-state index in [-0.39, 0.29) is 11.6 Å². The van der Waals surface area contributed by atoms with Crippen molar-refractivity contribution in [3.63, 3.8) is 0 Å². The van der Waals surface area contributed by atoms with Crippen LogP contribution in [-0.4, -0.2) is 25.6 Å². The molecule has 4 aromatic rings. The average molecular weight is 533 g/mol. The molecule has 1 aromatic heterocycles. The fourth-order valence-corrected chi connectivity index (χ4v) is 4.93. The molecule has 1 unspecified atom stereocenters. The van der Waals surface area contributed by atoms with E-state index in [4.69, 9.17) is 16.7 Å². The van der Waals surface area contributed by atoms with Crippen molar-refractivity contribution in [2.45, 2.75) is 23.9 Å². The molecule has 1 aliphatic rings. The second-order valence-electron chi connectivity index (χ2n) is 8.31. The van der Waals surface area contributed by atoms with Crippen LogP contribution in [0.3, 0.4) is 0 Å². The number of carbonyl (C=O) groups excluding carboxylic acids is 1. The summed E-state index contributed by atoms with van der Waals surface area (Å²) in [7, 11) is 0. The van der Waals surface area contributed by atoms with Gasteiger partial charge in [-0.2, -0.15) is 4.98 Å². The fraction of sp³-hybridized carbons (Fsp3) is 0.115. The van der Waals surface area contributed by atoms with Crippen LogP contribution in [-0.2, 0) is 10.5 Å². The van der Waals surface area contributed by atoms with Crippen LogP contribution in [0.5, 0.6) is 0 Å². The summed E-state index contributed by atoms with van der Waals surface area (Å²) in [4.78, 5) is 28.6. The number of nitro groups is 1. The van der Waals surface area contributed by atoms with E-state index in [0.717, 1.165) is 11.1 Å². The summed E-state index contributed by atoms with van der Waals surface area (Å²) in [5, 5.41) is 22.9. The SMILES string of the molecule is CC1=C(C(=O)Nc2ccccc2)C(c2ccc(Cl)cc2)n2nc(SCc3ccc([N+](=O)[O-])cc3)nc2N1. The summed E-state index contributed by atoms with van der Waals surface area (Å²) in [5.74, 6) is 0.790. The molecular formula is C26H21ClN6O3S. The Morgan fingerprint density at radius 1 is 1.11 bits per heavy atom. The number of allylic oxidation sites excluding steroid dienone is 1. The Morgan fingerprint density at radius 3 is 2.49 bits per heavy atom. The molecule has 0 fully saturated rings. The highest BCUT2D eigenvalue weighted by molar-refractivity contribution is 7.98. The first-order valence-electron chi connectivity index (χ1n) is 11.3. The minimum atomic E-state index is -0.529. The molecule has 0 aliphatic carbocycles. The van der Waals surface area contributed by atoms with E-state index >= 15 is 0 Å². The van der Waals surface area contributed by atoms with Crippen LogP contribution in [0.25, 0.3) is 0 Å². The Bertz CT molecular complexity index is 1490. The number of amides is 1. The van der Waals surface area contributed by atoms with Crippen LogP contribution < -0.4 is 10.6 Å². The van der Waals surface area contributed by atoms with Crippen LogP contribution in [0.2, 0.25) is 5.02 Å². The van der Waals surface area contributed by atoms with E-state index in [9.17, 15) is 14.9 Å². The van der Waals surface area contributed by atoms with Crippen LogP contribution in [0.4, 0.5) is 17.3 Å². The number of halogens is 1. The van der Waals surface area contributed by atoms with Crippen LogP contribution in [0.1, 0.15) is 24.1 Å². The number of thioether (sulfide) groups is 1. The smallest absolute Gasteiger partial charge is 0.269 e. The topological polar surface area (TPSA) is 115 Å². The first kappa shape index (κ1) is 24.5. The summed E-state index contributed by atoms with van der Waals surface area (Å²) in [6.45, 7) is 1.84. The molecular weight excluding hydrogens is 512 g/mol. The number of rotatable bonds is 7. The van der Waals surface area contributed by atoms with Crippen molar-refractivity contribution in [1.82, 2.24) is 14.8 Å². The van der Waals surface area contributed by atoms with Crippen molar-refractivity contribution >= 4 is 46.6 Å². The molecule has 2 heterocycles. The molecule has 5 rings (SSSR count). The second kappa shape index (κ2) is 10.5. The zero-order chi connectivity index (χ0) is 25.9. The van der Waals surface area contributed by atoms with E-state index in [1.54, 1.807) is 28.9 Å². The number of non-ortho nitro benzene ring substituents is 1. The largest absolute Gasteiger partial charge is 0.328 e. The Morgan fingerprint density at radius 2 is 1.81 bits per heavy atom. The van der Waals surface area contributed by atoms with E-state index in [2.05, 4.69) is 15.6 Å². The summed E-state index contributed by atoms with van der Waals surface area (Å²) >= 11 is 7.54. The van der Waals surface area contributed by atoms with Gasteiger partial charge in [-0.15, -0.1) is 5.10 Å². The number of hydrogen-bond acceptors (Lipinski definition) is 7. The van der Waals surface area contributed by atoms with Gasteiger partial charge in [0.25, 0.3) is 11.6 Å². The molecule has 1 aliphatic heterocycles. The summed E-state index contributed by atoms with van der Waals surface area (Å²) in [6, 6.07) is 22.4. The standard InChI is InChI=1S/C26H21ClN6O3S/c1-16-22(24(34)29-20-5-3-2-4-6-20)23(18-9-11-19(27)12-10-18)32-25(28-16)30-26(31-32)37-15-17-7-13-21(14-8-17)33(35)36/h2-14,23H,15H2,1H3,(H,29,34)(H,28,30,31). The molecule has 0 saturated carbocycles. The van der Waals surface area contributed by atoms with E-state index in [0.29, 0.717) is 38.8 Å². The van der Waals surface area contributed by atoms with Crippen LogP contribution in [0.15, 0.2) is 95.3 Å².